The molecule has 0 spiro atoms. The molecular weight excluding hydrogens is 603 g/mol. The average Bonchev–Trinajstić information content (AvgIpc) is 3.85. The second-order valence-electron chi connectivity index (χ2n) is 13.9. The van der Waals surface area contributed by atoms with E-state index in [9.17, 15) is 9.50 Å². The van der Waals surface area contributed by atoms with Crippen LogP contribution in [0.1, 0.15) is 44.6 Å². The summed E-state index contributed by atoms with van der Waals surface area (Å²) in [5, 5.41) is 14.8. The van der Waals surface area contributed by atoms with E-state index < -0.39 is 23.0 Å². The molecule has 4 aliphatic rings. The highest BCUT2D eigenvalue weighted by molar-refractivity contribution is 6.04. The number of aromatic hydroxyl groups is 1. The zero-order valence-electron chi connectivity index (χ0n) is 26.3. The van der Waals surface area contributed by atoms with Gasteiger partial charge in [-0.3, -0.25) is 4.90 Å². The number of hydrogen-bond acceptors (Lipinski definition) is 7. The number of nitrogens with zero attached hydrogens (tertiary/aromatic N) is 4. The molecule has 3 aliphatic heterocycles. The van der Waals surface area contributed by atoms with Gasteiger partial charge in [-0.25, -0.2) is 13.2 Å². The first-order chi connectivity index (χ1) is 22.6. The van der Waals surface area contributed by atoms with E-state index in [1.54, 1.807) is 0 Å². The summed E-state index contributed by atoms with van der Waals surface area (Å²) in [6, 6.07) is 7.46. The summed E-state index contributed by atoms with van der Waals surface area (Å²) in [5.41, 5.74) is -0.0775. The highest BCUT2D eigenvalue weighted by Crippen LogP contribution is 2.43. The predicted molar refractivity (Wildman–Crippen MR) is 176 cm³/mol. The van der Waals surface area contributed by atoms with Gasteiger partial charge in [0.25, 0.3) is 0 Å². The van der Waals surface area contributed by atoms with E-state index in [-0.39, 0.29) is 63.3 Å². The van der Waals surface area contributed by atoms with E-state index in [1.807, 2.05) is 0 Å². The van der Waals surface area contributed by atoms with Crippen molar-refractivity contribution in [1.29, 1.82) is 0 Å². The maximum absolute atomic E-state index is 16.9. The second-order valence-corrected chi connectivity index (χ2v) is 13.9. The zero-order valence-corrected chi connectivity index (χ0v) is 26.3. The quantitative estimate of drug-likeness (QED) is 0.189. The van der Waals surface area contributed by atoms with E-state index in [1.165, 1.54) is 43.2 Å². The van der Waals surface area contributed by atoms with Gasteiger partial charge in [0.05, 0.1) is 11.1 Å². The van der Waals surface area contributed by atoms with E-state index in [4.69, 9.17) is 16.1 Å². The highest BCUT2D eigenvalue weighted by Gasteiger charge is 2.41. The number of anilines is 1. The van der Waals surface area contributed by atoms with Crippen LogP contribution in [0.3, 0.4) is 0 Å². The van der Waals surface area contributed by atoms with Crippen LogP contribution >= 0.6 is 0 Å². The van der Waals surface area contributed by atoms with Crippen LogP contribution in [0.15, 0.2) is 42.5 Å². The molecule has 8 rings (SSSR count). The maximum Gasteiger partial charge on any atom is 0.319 e. The molecule has 0 unspecified atom stereocenters. The van der Waals surface area contributed by atoms with Crippen LogP contribution in [0.2, 0.25) is 0 Å². The molecule has 3 atom stereocenters. The SMILES string of the molecule is C#Cc1c(F)ccc2cc(O)cc(-c3c(F)cc4c(N5C[C@H]6CC[C@@H](C5)N6)nc(OC[C@@]5(C)CN(C6CC6)CCC5=C)nc4c3F)c12. The number of aromatic nitrogens is 2. The topological polar surface area (TPSA) is 73.8 Å². The van der Waals surface area contributed by atoms with Crippen molar-refractivity contribution >= 4 is 27.5 Å². The van der Waals surface area contributed by atoms with E-state index in [0.717, 1.165) is 37.9 Å². The van der Waals surface area contributed by atoms with Gasteiger partial charge in [-0.1, -0.05) is 31.1 Å². The summed E-state index contributed by atoms with van der Waals surface area (Å²) >= 11 is 0. The Morgan fingerprint density at radius 3 is 2.57 bits per heavy atom. The van der Waals surface area contributed by atoms with Crippen molar-refractivity contribution in [2.75, 3.05) is 37.7 Å². The van der Waals surface area contributed by atoms with Gasteiger partial charge in [-0.05, 0) is 61.8 Å². The molecule has 4 heterocycles. The number of halogens is 3. The van der Waals surface area contributed by atoms with Gasteiger partial charge in [-0.2, -0.15) is 9.97 Å². The molecule has 3 saturated heterocycles. The van der Waals surface area contributed by atoms with Crippen molar-refractivity contribution in [1.82, 2.24) is 20.2 Å². The molecule has 3 aromatic carbocycles. The Kier molecular flexibility index (Phi) is 7.12. The largest absolute Gasteiger partial charge is 0.508 e. The van der Waals surface area contributed by atoms with Crippen molar-refractivity contribution in [2.45, 2.75) is 57.2 Å². The first-order valence-corrected chi connectivity index (χ1v) is 16.3. The zero-order chi connectivity index (χ0) is 32.6. The summed E-state index contributed by atoms with van der Waals surface area (Å²) in [7, 11) is 0. The Balaban J connectivity index is 1.27. The molecule has 0 amide bonds. The number of phenols is 1. The number of rotatable bonds is 6. The minimum atomic E-state index is -0.973. The number of fused-ring (bicyclic) bond motifs is 4. The number of ether oxygens (including phenoxy) is 1. The lowest BCUT2D eigenvalue weighted by Crippen LogP contribution is -2.51. The molecule has 1 aromatic heterocycles. The van der Waals surface area contributed by atoms with Gasteiger partial charge >= 0.3 is 6.01 Å². The molecule has 4 aromatic rings. The van der Waals surface area contributed by atoms with Crippen molar-refractivity contribution in [3.8, 4) is 35.2 Å². The average molecular weight is 640 g/mol. The number of benzene rings is 3. The smallest absolute Gasteiger partial charge is 0.319 e. The summed E-state index contributed by atoms with van der Waals surface area (Å²) in [5.74, 6) is -0.114. The summed E-state index contributed by atoms with van der Waals surface area (Å²) in [6.07, 6.45) is 11.0. The molecule has 7 nitrogen and oxygen atoms in total. The van der Waals surface area contributed by atoms with Crippen LogP contribution < -0.4 is 15.0 Å². The standard InChI is InChI=1S/C37H36F3N5O2/c1-4-26-29(38)10-5-21-13-25(46)14-27(31(21)26)32-30(39)15-28-34(33(32)40)42-36(43-35(28)45-16-22-6-7-23(17-45)41-22)47-19-37(3)18-44(24-8-9-24)12-11-20(37)2/h1,5,10,13-15,22-24,41,46H,2,6-9,11-12,16-19H2,3H3/t22-,23+,37-/m1/s1. The van der Waals surface area contributed by atoms with E-state index in [2.05, 4.69) is 39.5 Å². The third kappa shape index (κ3) is 5.17. The second kappa shape index (κ2) is 11.1. The van der Waals surface area contributed by atoms with Gasteiger partial charge in [0.15, 0.2) is 5.82 Å². The fourth-order valence-corrected chi connectivity index (χ4v) is 7.79. The minimum absolute atomic E-state index is 0.0106. The molecule has 2 bridgehead atoms. The molecular formula is C37H36F3N5O2. The first-order valence-electron chi connectivity index (χ1n) is 16.3. The van der Waals surface area contributed by atoms with Crippen molar-refractivity contribution in [2.24, 2.45) is 5.41 Å². The van der Waals surface area contributed by atoms with Gasteiger partial charge < -0.3 is 20.1 Å². The lowest BCUT2D eigenvalue weighted by Gasteiger charge is -2.42. The van der Waals surface area contributed by atoms with Gasteiger partial charge in [0.1, 0.15) is 35.3 Å². The van der Waals surface area contributed by atoms with Crippen LogP contribution in [0.4, 0.5) is 19.0 Å². The minimum Gasteiger partial charge on any atom is -0.508 e. The van der Waals surface area contributed by atoms with Crippen molar-refractivity contribution in [3.63, 3.8) is 0 Å². The number of nitrogens with one attached hydrogen (secondary N) is 1. The van der Waals surface area contributed by atoms with Crippen LogP contribution in [0.25, 0.3) is 32.8 Å². The third-order valence-electron chi connectivity index (χ3n) is 10.5. The molecule has 0 radical (unpaired) electrons. The van der Waals surface area contributed by atoms with Gasteiger partial charge in [0.2, 0.25) is 0 Å². The number of phenolic OH excluding ortho intramolecular Hbond substituents is 1. The molecule has 47 heavy (non-hydrogen) atoms. The van der Waals surface area contributed by atoms with Crippen LogP contribution in [0, 0.1) is 35.2 Å². The Bertz CT molecular complexity index is 1990. The Labute approximate surface area is 271 Å². The summed E-state index contributed by atoms with van der Waals surface area (Å²) in [4.78, 5) is 13.9. The molecule has 1 saturated carbocycles. The fraction of sp³-hybridized carbons (Fsp3) is 0.405. The van der Waals surface area contributed by atoms with Crippen LogP contribution in [-0.4, -0.2) is 70.9 Å². The Hall–Kier alpha value is -4.33. The summed E-state index contributed by atoms with van der Waals surface area (Å²) in [6.45, 7) is 9.77. The lowest BCUT2D eigenvalue weighted by atomic mass is 9.78. The number of piperazine rings is 1. The van der Waals surface area contributed by atoms with E-state index in [0.29, 0.717) is 30.3 Å². The molecule has 242 valence electrons. The van der Waals surface area contributed by atoms with Gasteiger partial charge in [-0.15, -0.1) is 6.42 Å². The number of hydrogen-bond donors (Lipinski definition) is 2. The highest BCUT2D eigenvalue weighted by atomic mass is 19.1. The lowest BCUT2D eigenvalue weighted by molar-refractivity contribution is 0.0919. The monoisotopic (exact) mass is 639 g/mol. The predicted octanol–water partition coefficient (Wildman–Crippen LogP) is 6.30. The Morgan fingerprint density at radius 2 is 1.85 bits per heavy atom. The normalized spacial score (nSPS) is 24.7. The molecule has 2 N–H and O–H groups in total. The Morgan fingerprint density at radius 1 is 1.09 bits per heavy atom. The molecule has 4 fully saturated rings. The van der Waals surface area contributed by atoms with Gasteiger partial charge in [0, 0.05) is 66.1 Å². The van der Waals surface area contributed by atoms with Crippen molar-refractivity contribution < 1.29 is 23.0 Å². The fourth-order valence-electron chi connectivity index (χ4n) is 7.79. The van der Waals surface area contributed by atoms with Crippen LogP contribution in [-0.2, 0) is 0 Å². The summed E-state index contributed by atoms with van der Waals surface area (Å²) < 4.78 is 54.4. The number of piperidine rings is 1. The maximum atomic E-state index is 16.9. The van der Waals surface area contributed by atoms with E-state index >= 15 is 8.78 Å². The third-order valence-corrected chi connectivity index (χ3v) is 10.5. The number of likely N-dealkylation sites (tertiary alicyclic amines) is 1. The van der Waals surface area contributed by atoms with Crippen LogP contribution in [0.5, 0.6) is 11.8 Å². The van der Waals surface area contributed by atoms with Crippen molar-refractivity contribution in [3.05, 3.63) is 65.5 Å². The number of terminal acetylenes is 1. The molecule has 1 aliphatic carbocycles. The molecule has 10 heteroatoms. The first kappa shape index (κ1) is 30.0.